The number of allylic oxidation sites excluding steroid dienone is 1. The second-order valence-corrected chi connectivity index (χ2v) is 5.93. The van der Waals surface area contributed by atoms with E-state index in [4.69, 9.17) is 8.37 Å². The molecule has 2 aromatic carbocycles. The molecule has 0 atom stereocenters. The standard InChI is InChI=1S/C22H22O2S2.2C2H6/c1-5-9-18-16(7-3)11-13-22(24-26)20(18)14-19-17(8-4)15(6-2)10-12-21(19)23-25;2*1-2/h5-13,25-26H,2-4,14H2,1H3;2*1-2H3/b9-5-;;. The number of benzene rings is 2. The first kappa shape index (κ1) is 27.7. The lowest BCUT2D eigenvalue weighted by Gasteiger charge is -2.18. The molecule has 2 rings (SSSR count). The maximum absolute atomic E-state index is 5.33. The van der Waals surface area contributed by atoms with Gasteiger partial charge in [-0.05, 0) is 41.3 Å². The van der Waals surface area contributed by atoms with E-state index in [0.717, 1.165) is 33.4 Å². The fourth-order valence-electron chi connectivity index (χ4n) is 3.00. The molecule has 0 saturated carbocycles. The van der Waals surface area contributed by atoms with Crippen molar-refractivity contribution in [1.29, 1.82) is 0 Å². The number of hydrogen-bond acceptors (Lipinski definition) is 4. The van der Waals surface area contributed by atoms with Crippen LogP contribution in [-0.4, -0.2) is 0 Å². The van der Waals surface area contributed by atoms with Gasteiger partial charge < -0.3 is 8.37 Å². The largest absolute Gasteiger partial charge is 0.429 e. The van der Waals surface area contributed by atoms with Crippen molar-refractivity contribution in [3.8, 4) is 11.5 Å². The molecule has 2 aromatic rings. The lowest BCUT2D eigenvalue weighted by molar-refractivity contribution is 0.637. The molecule has 4 heteroatoms. The Balaban J connectivity index is 0.00000198. The summed E-state index contributed by atoms with van der Waals surface area (Å²) >= 11 is 8.04. The normalized spacial score (nSPS) is 9.57. The van der Waals surface area contributed by atoms with Gasteiger partial charge in [0.25, 0.3) is 0 Å². The molecule has 0 heterocycles. The van der Waals surface area contributed by atoms with Crippen LogP contribution >= 0.6 is 25.8 Å². The van der Waals surface area contributed by atoms with Crippen LogP contribution < -0.4 is 8.37 Å². The van der Waals surface area contributed by atoms with Crippen LogP contribution in [0.1, 0.15) is 68.0 Å². The molecule has 30 heavy (non-hydrogen) atoms. The van der Waals surface area contributed by atoms with Gasteiger partial charge in [0.2, 0.25) is 0 Å². The van der Waals surface area contributed by atoms with Gasteiger partial charge in [-0.1, -0.05) is 89.9 Å². The van der Waals surface area contributed by atoms with Gasteiger partial charge in [0.05, 0.1) is 0 Å². The molecule has 0 saturated heterocycles. The van der Waals surface area contributed by atoms with Gasteiger partial charge in [-0.2, -0.15) is 0 Å². The summed E-state index contributed by atoms with van der Waals surface area (Å²) in [4.78, 5) is 0. The molecule has 162 valence electrons. The highest BCUT2D eigenvalue weighted by molar-refractivity contribution is 7.75. The Labute approximate surface area is 194 Å². The zero-order valence-electron chi connectivity index (χ0n) is 18.7. The fourth-order valence-corrected chi connectivity index (χ4v) is 3.34. The Kier molecular flexibility index (Phi) is 14.3. The molecular formula is C26H34O2S2. The predicted octanol–water partition coefficient (Wildman–Crippen LogP) is 8.74. The molecule has 0 aromatic heterocycles. The SMILES string of the molecule is C=Cc1ccc(OS)c(Cc2c(OS)ccc(C=C)c2/C=C\C)c1C=C.CC.CC. The van der Waals surface area contributed by atoms with Gasteiger partial charge >= 0.3 is 0 Å². The molecule has 2 nitrogen and oxygen atoms in total. The molecule has 0 aliphatic heterocycles. The van der Waals surface area contributed by atoms with E-state index >= 15 is 0 Å². The molecule has 0 aliphatic rings. The highest BCUT2D eigenvalue weighted by atomic mass is 32.1. The minimum atomic E-state index is 0.552. The minimum Gasteiger partial charge on any atom is -0.429 e. The van der Waals surface area contributed by atoms with Crippen molar-refractivity contribution in [2.45, 2.75) is 41.0 Å². The van der Waals surface area contributed by atoms with E-state index in [1.54, 1.807) is 12.2 Å². The first-order valence-electron chi connectivity index (χ1n) is 10.1. The first-order chi connectivity index (χ1) is 14.6. The van der Waals surface area contributed by atoms with E-state index in [2.05, 4.69) is 45.6 Å². The Morgan fingerprint density at radius 2 is 1.17 bits per heavy atom. The van der Waals surface area contributed by atoms with Gasteiger partial charge in [0, 0.05) is 43.4 Å². The number of hydrogen-bond donors (Lipinski definition) is 2. The summed E-state index contributed by atoms with van der Waals surface area (Å²) in [5, 5.41) is 0. The Hall–Kier alpha value is -2.30. The molecular weight excluding hydrogens is 408 g/mol. The summed E-state index contributed by atoms with van der Waals surface area (Å²) in [5.41, 5.74) is 5.90. The molecule has 0 radical (unpaired) electrons. The molecule has 0 fully saturated rings. The van der Waals surface area contributed by atoms with Crippen LogP contribution in [0.4, 0.5) is 0 Å². The van der Waals surface area contributed by atoms with E-state index in [0.29, 0.717) is 17.9 Å². The van der Waals surface area contributed by atoms with E-state index in [1.807, 2.05) is 77.1 Å². The van der Waals surface area contributed by atoms with Crippen LogP contribution in [-0.2, 0) is 6.42 Å². The maximum atomic E-state index is 5.33. The quantitative estimate of drug-likeness (QED) is 0.314. The third kappa shape index (κ3) is 6.61. The maximum Gasteiger partial charge on any atom is 0.141 e. The molecule has 0 N–H and O–H groups in total. The third-order valence-electron chi connectivity index (χ3n) is 4.22. The highest BCUT2D eigenvalue weighted by Gasteiger charge is 2.18. The van der Waals surface area contributed by atoms with Gasteiger partial charge in [-0.25, -0.2) is 0 Å². The predicted molar refractivity (Wildman–Crippen MR) is 143 cm³/mol. The minimum absolute atomic E-state index is 0.552. The van der Waals surface area contributed by atoms with Gasteiger partial charge in [0.15, 0.2) is 0 Å². The third-order valence-corrected chi connectivity index (χ3v) is 4.62. The van der Waals surface area contributed by atoms with Crippen molar-refractivity contribution in [3.05, 3.63) is 83.5 Å². The Bertz CT molecular complexity index is 868. The second-order valence-electron chi connectivity index (χ2n) is 5.56. The number of rotatable bonds is 8. The van der Waals surface area contributed by atoms with Crippen molar-refractivity contribution in [2.24, 2.45) is 0 Å². The zero-order valence-corrected chi connectivity index (χ0v) is 20.5. The van der Waals surface area contributed by atoms with Crippen molar-refractivity contribution in [2.75, 3.05) is 0 Å². The summed E-state index contributed by atoms with van der Waals surface area (Å²) in [5.74, 6) is 1.34. The van der Waals surface area contributed by atoms with E-state index in [1.165, 1.54) is 0 Å². The Morgan fingerprint density at radius 3 is 1.53 bits per heavy atom. The molecule has 0 unspecified atom stereocenters. The van der Waals surface area contributed by atoms with Crippen molar-refractivity contribution >= 4 is 50.1 Å². The molecule has 0 amide bonds. The van der Waals surface area contributed by atoms with Crippen LogP contribution in [0.3, 0.4) is 0 Å². The summed E-state index contributed by atoms with van der Waals surface area (Å²) in [6.07, 6.45) is 10.00. The zero-order chi connectivity index (χ0) is 23.1. The monoisotopic (exact) mass is 442 g/mol. The average Bonchev–Trinajstić information content (AvgIpc) is 2.82. The van der Waals surface area contributed by atoms with Crippen LogP contribution in [0.5, 0.6) is 11.5 Å². The fraction of sp³-hybridized carbons (Fsp3) is 0.231. The molecule has 0 bridgehead atoms. The summed E-state index contributed by atoms with van der Waals surface area (Å²) < 4.78 is 10.6. The summed E-state index contributed by atoms with van der Waals surface area (Å²) in [7, 11) is 0. The van der Waals surface area contributed by atoms with Gasteiger partial charge in [0.1, 0.15) is 11.5 Å². The topological polar surface area (TPSA) is 18.5 Å². The molecule has 0 aliphatic carbocycles. The summed E-state index contributed by atoms with van der Waals surface area (Å²) in [6.45, 7) is 21.7. The van der Waals surface area contributed by atoms with Gasteiger partial charge in [-0.3, -0.25) is 0 Å². The number of thiol groups is 2. The first-order valence-corrected chi connectivity index (χ1v) is 10.8. The Morgan fingerprint density at radius 1 is 0.733 bits per heavy atom. The van der Waals surface area contributed by atoms with Crippen LogP contribution in [0, 0.1) is 0 Å². The lowest BCUT2D eigenvalue weighted by Crippen LogP contribution is -2.02. The van der Waals surface area contributed by atoms with Crippen LogP contribution in [0.25, 0.3) is 24.3 Å². The van der Waals surface area contributed by atoms with Crippen LogP contribution in [0.2, 0.25) is 0 Å². The smallest absolute Gasteiger partial charge is 0.141 e. The summed E-state index contributed by atoms with van der Waals surface area (Å²) in [6, 6.07) is 7.66. The van der Waals surface area contributed by atoms with Crippen LogP contribution in [0.15, 0.2) is 50.1 Å². The van der Waals surface area contributed by atoms with E-state index in [-0.39, 0.29) is 0 Å². The average molecular weight is 443 g/mol. The van der Waals surface area contributed by atoms with E-state index < -0.39 is 0 Å². The van der Waals surface area contributed by atoms with Crippen molar-refractivity contribution in [1.82, 2.24) is 0 Å². The highest BCUT2D eigenvalue weighted by Crippen LogP contribution is 2.36. The lowest BCUT2D eigenvalue weighted by atomic mass is 9.90. The van der Waals surface area contributed by atoms with E-state index in [9.17, 15) is 0 Å². The second kappa shape index (κ2) is 15.5. The van der Waals surface area contributed by atoms with Crippen molar-refractivity contribution < 1.29 is 8.37 Å². The van der Waals surface area contributed by atoms with Gasteiger partial charge in [-0.15, -0.1) is 0 Å². The molecule has 0 spiro atoms. The van der Waals surface area contributed by atoms with Crippen molar-refractivity contribution in [3.63, 3.8) is 0 Å².